The van der Waals surface area contributed by atoms with Crippen molar-refractivity contribution in [3.63, 3.8) is 0 Å². The predicted octanol–water partition coefficient (Wildman–Crippen LogP) is 4.31. The summed E-state index contributed by atoms with van der Waals surface area (Å²) in [5, 5.41) is 5.18. The molecule has 0 bridgehead atoms. The maximum absolute atomic E-state index is 12.3. The molecule has 0 fully saturated rings. The Morgan fingerprint density at radius 2 is 1.29 bits per heavy atom. The van der Waals surface area contributed by atoms with Crippen LogP contribution < -0.4 is 10.6 Å². The van der Waals surface area contributed by atoms with Crippen molar-refractivity contribution in [1.82, 2.24) is 4.90 Å². The number of amides is 3. The number of benzene rings is 2. The molecule has 0 atom stereocenters. The van der Waals surface area contributed by atoms with E-state index in [9.17, 15) is 19.2 Å². The first-order valence-electron chi connectivity index (χ1n) is 11.0. The minimum atomic E-state index is -0.681. The maximum Gasteiger partial charge on any atom is 0.412 e. The van der Waals surface area contributed by atoms with E-state index < -0.39 is 30.2 Å². The third-order valence-electron chi connectivity index (χ3n) is 4.57. The van der Waals surface area contributed by atoms with Crippen molar-refractivity contribution in [1.29, 1.82) is 0 Å². The highest BCUT2D eigenvalue weighted by molar-refractivity contribution is 5.97. The van der Waals surface area contributed by atoms with Crippen LogP contribution in [0.5, 0.6) is 0 Å². The zero-order valence-corrected chi connectivity index (χ0v) is 20.1. The van der Waals surface area contributed by atoms with Crippen LogP contribution in [0.2, 0.25) is 0 Å². The van der Waals surface area contributed by atoms with Crippen molar-refractivity contribution in [2.45, 2.75) is 40.2 Å². The summed E-state index contributed by atoms with van der Waals surface area (Å²) in [5.41, 5.74) is 1.06. The summed E-state index contributed by atoms with van der Waals surface area (Å²) >= 11 is 0. The lowest BCUT2D eigenvalue weighted by atomic mass is 10.1. The van der Waals surface area contributed by atoms with Crippen LogP contribution in [0.4, 0.5) is 16.2 Å². The van der Waals surface area contributed by atoms with E-state index in [1.54, 1.807) is 49.9 Å². The highest BCUT2D eigenvalue weighted by Crippen LogP contribution is 2.14. The molecule has 0 aliphatic rings. The lowest BCUT2D eigenvalue weighted by Crippen LogP contribution is -2.30. The Morgan fingerprint density at radius 1 is 0.794 bits per heavy atom. The molecule has 0 unspecified atom stereocenters. The van der Waals surface area contributed by atoms with Gasteiger partial charge in [-0.3, -0.25) is 14.9 Å². The summed E-state index contributed by atoms with van der Waals surface area (Å²) in [6, 6.07) is 12.5. The monoisotopic (exact) mass is 469 g/mol. The van der Waals surface area contributed by atoms with Crippen LogP contribution in [0.15, 0.2) is 48.5 Å². The number of ether oxygens (including phenoxy) is 2. The van der Waals surface area contributed by atoms with Gasteiger partial charge < -0.3 is 19.7 Å². The molecule has 0 saturated heterocycles. The Bertz CT molecular complexity index is 1010. The van der Waals surface area contributed by atoms with E-state index in [1.807, 2.05) is 13.8 Å². The molecule has 0 heterocycles. The van der Waals surface area contributed by atoms with Crippen LogP contribution in [0.3, 0.4) is 0 Å². The summed E-state index contributed by atoms with van der Waals surface area (Å²) < 4.78 is 10.2. The van der Waals surface area contributed by atoms with Gasteiger partial charge in [0, 0.05) is 30.0 Å². The lowest BCUT2D eigenvalue weighted by Gasteiger charge is -2.19. The molecule has 0 spiro atoms. The summed E-state index contributed by atoms with van der Waals surface area (Å²) in [6.07, 6.45) is -0.607. The molecule has 2 aromatic carbocycles. The van der Waals surface area contributed by atoms with Gasteiger partial charge in [-0.2, -0.15) is 0 Å². The van der Waals surface area contributed by atoms with Gasteiger partial charge in [0.05, 0.1) is 5.56 Å². The fourth-order valence-corrected chi connectivity index (χ4v) is 2.91. The molecular formula is C25H31N3O6. The Balaban J connectivity index is 1.84. The van der Waals surface area contributed by atoms with Gasteiger partial charge in [0.25, 0.3) is 11.8 Å². The van der Waals surface area contributed by atoms with E-state index in [-0.39, 0.29) is 11.5 Å². The van der Waals surface area contributed by atoms with E-state index >= 15 is 0 Å². The van der Waals surface area contributed by atoms with Crippen molar-refractivity contribution >= 4 is 35.3 Å². The second kappa shape index (κ2) is 11.8. The fraction of sp³-hybridized carbons (Fsp3) is 0.360. The van der Waals surface area contributed by atoms with E-state index in [2.05, 4.69) is 10.6 Å². The van der Waals surface area contributed by atoms with Crippen LogP contribution in [-0.2, 0) is 14.3 Å². The fourth-order valence-electron chi connectivity index (χ4n) is 2.91. The second-order valence-corrected chi connectivity index (χ2v) is 8.38. The molecule has 9 heteroatoms. The van der Waals surface area contributed by atoms with Crippen molar-refractivity contribution in [2.24, 2.45) is 0 Å². The van der Waals surface area contributed by atoms with Gasteiger partial charge >= 0.3 is 12.1 Å². The number of hydrogen-bond donors (Lipinski definition) is 2. The standard InChI is InChI=1S/C25H31N3O6/c1-6-28(7-2)22(30)17-8-12-19(13-9-17)26-21(29)16-33-23(31)18-10-14-20(15-11-18)27-24(32)34-25(3,4)5/h8-15H,6-7,16H2,1-5H3,(H,26,29)(H,27,32). The molecule has 0 aliphatic carbocycles. The van der Waals surface area contributed by atoms with Crippen molar-refractivity contribution in [3.05, 3.63) is 59.7 Å². The number of anilines is 2. The maximum atomic E-state index is 12.3. The quantitative estimate of drug-likeness (QED) is 0.557. The topological polar surface area (TPSA) is 114 Å². The number of carbonyl (C=O) groups excluding carboxylic acids is 4. The average molecular weight is 470 g/mol. The molecule has 2 N–H and O–H groups in total. The molecule has 0 radical (unpaired) electrons. The minimum Gasteiger partial charge on any atom is -0.452 e. The number of rotatable bonds is 8. The smallest absolute Gasteiger partial charge is 0.412 e. The third kappa shape index (κ3) is 8.23. The molecule has 0 aromatic heterocycles. The number of hydrogen-bond acceptors (Lipinski definition) is 6. The van der Waals surface area contributed by atoms with Gasteiger partial charge in [0.1, 0.15) is 5.60 Å². The van der Waals surface area contributed by atoms with Crippen molar-refractivity contribution in [3.8, 4) is 0 Å². The van der Waals surface area contributed by atoms with Crippen LogP contribution in [0, 0.1) is 0 Å². The van der Waals surface area contributed by atoms with Crippen molar-refractivity contribution in [2.75, 3.05) is 30.3 Å². The number of nitrogens with zero attached hydrogens (tertiary/aromatic N) is 1. The predicted molar refractivity (Wildman–Crippen MR) is 129 cm³/mol. The first kappa shape index (κ1) is 26.4. The van der Waals surface area contributed by atoms with Crippen LogP contribution in [-0.4, -0.2) is 54.1 Å². The first-order valence-corrected chi connectivity index (χ1v) is 11.0. The molecule has 34 heavy (non-hydrogen) atoms. The minimum absolute atomic E-state index is 0.0795. The molecule has 2 aromatic rings. The normalized spacial score (nSPS) is 10.7. The molecule has 0 aliphatic heterocycles. The van der Waals surface area contributed by atoms with E-state index in [0.717, 1.165) is 0 Å². The molecular weight excluding hydrogens is 438 g/mol. The molecule has 182 valence electrons. The average Bonchev–Trinajstić information content (AvgIpc) is 2.78. The summed E-state index contributed by atoms with van der Waals surface area (Å²) in [4.78, 5) is 50.2. The lowest BCUT2D eigenvalue weighted by molar-refractivity contribution is -0.119. The van der Waals surface area contributed by atoms with Crippen LogP contribution in [0.1, 0.15) is 55.3 Å². The van der Waals surface area contributed by atoms with E-state index in [4.69, 9.17) is 9.47 Å². The Kier molecular flexibility index (Phi) is 9.18. The SMILES string of the molecule is CCN(CC)C(=O)c1ccc(NC(=O)COC(=O)c2ccc(NC(=O)OC(C)(C)C)cc2)cc1. The molecule has 9 nitrogen and oxygen atoms in total. The molecule has 3 amide bonds. The molecule has 2 rings (SSSR count). The van der Waals surface area contributed by atoms with Gasteiger partial charge in [-0.15, -0.1) is 0 Å². The van der Waals surface area contributed by atoms with Crippen LogP contribution in [0.25, 0.3) is 0 Å². The van der Waals surface area contributed by atoms with Crippen LogP contribution >= 0.6 is 0 Å². The Morgan fingerprint density at radius 3 is 1.79 bits per heavy atom. The van der Waals surface area contributed by atoms with Gasteiger partial charge in [-0.25, -0.2) is 9.59 Å². The van der Waals surface area contributed by atoms with E-state index in [1.165, 1.54) is 24.3 Å². The zero-order valence-electron chi connectivity index (χ0n) is 20.1. The van der Waals surface area contributed by atoms with Gasteiger partial charge in [0.2, 0.25) is 0 Å². The summed E-state index contributed by atoms with van der Waals surface area (Å²) in [5.74, 6) is -1.28. The van der Waals surface area contributed by atoms with Gasteiger partial charge in [0.15, 0.2) is 6.61 Å². The highest BCUT2D eigenvalue weighted by atomic mass is 16.6. The van der Waals surface area contributed by atoms with E-state index in [0.29, 0.717) is 30.0 Å². The summed E-state index contributed by atoms with van der Waals surface area (Å²) in [6.45, 7) is 9.84. The number of carbonyl (C=O) groups is 4. The zero-order chi connectivity index (χ0) is 25.3. The Labute approximate surface area is 199 Å². The number of esters is 1. The largest absolute Gasteiger partial charge is 0.452 e. The first-order chi connectivity index (χ1) is 16.0. The third-order valence-corrected chi connectivity index (χ3v) is 4.57. The van der Waals surface area contributed by atoms with Gasteiger partial charge in [-0.1, -0.05) is 0 Å². The van der Waals surface area contributed by atoms with Gasteiger partial charge in [-0.05, 0) is 83.1 Å². The number of nitrogens with one attached hydrogen (secondary N) is 2. The highest BCUT2D eigenvalue weighted by Gasteiger charge is 2.17. The van der Waals surface area contributed by atoms with Crippen molar-refractivity contribution < 1.29 is 28.7 Å². The Hall–Kier alpha value is -3.88. The molecule has 0 saturated carbocycles. The summed E-state index contributed by atoms with van der Waals surface area (Å²) in [7, 11) is 0. The second-order valence-electron chi connectivity index (χ2n) is 8.38.